The van der Waals surface area contributed by atoms with Crippen LogP contribution in [0.1, 0.15) is 38.3 Å². The van der Waals surface area contributed by atoms with Gasteiger partial charge in [0.05, 0.1) is 0 Å². The van der Waals surface area contributed by atoms with Gasteiger partial charge in [-0.3, -0.25) is 4.79 Å². The van der Waals surface area contributed by atoms with Crippen LogP contribution in [0.15, 0.2) is 29.7 Å². The number of carbonyl (C=O) groups excluding carboxylic acids is 1. The summed E-state index contributed by atoms with van der Waals surface area (Å²) in [6.45, 7) is 6.61. The van der Waals surface area contributed by atoms with Crippen LogP contribution in [0.5, 0.6) is 0 Å². The SMILES string of the molecule is CC(C)(C)c1ccc(C2=CSC(=O)C2)cc1. The summed E-state index contributed by atoms with van der Waals surface area (Å²) in [6.07, 6.45) is 0.569. The van der Waals surface area contributed by atoms with Gasteiger partial charge < -0.3 is 0 Å². The number of thioether (sulfide) groups is 1. The van der Waals surface area contributed by atoms with Crippen molar-refractivity contribution in [2.24, 2.45) is 0 Å². The zero-order chi connectivity index (χ0) is 11.8. The van der Waals surface area contributed by atoms with E-state index in [9.17, 15) is 4.79 Å². The van der Waals surface area contributed by atoms with E-state index in [0.29, 0.717) is 6.42 Å². The third-order valence-electron chi connectivity index (χ3n) is 2.79. The molecule has 0 fully saturated rings. The predicted molar refractivity (Wildman–Crippen MR) is 70.3 cm³/mol. The van der Waals surface area contributed by atoms with E-state index in [2.05, 4.69) is 45.0 Å². The van der Waals surface area contributed by atoms with Crippen molar-refractivity contribution in [1.29, 1.82) is 0 Å². The standard InChI is InChI=1S/C14H16OS/c1-14(2,3)12-6-4-10(5-7-12)11-8-13(15)16-9-11/h4-7,9H,8H2,1-3H3. The maximum absolute atomic E-state index is 11.2. The Hall–Kier alpha value is -1.02. The zero-order valence-corrected chi connectivity index (χ0v) is 10.7. The Morgan fingerprint density at radius 1 is 1.12 bits per heavy atom. The van der Waals surface area contributed by atoms with Gasteiger partial charge in [-0.2, -0.15) is 0 Å². The highest BCUT2D eigenvalue weighted by atomic mass is 32.2. The van der Waals surface area contributed by atoms with Crippen molar-refractivity contribution < 1.29 is 4.79 Å². The normalized spacial score (nSPS) is 16.4. The number of rotatable bonds is 1. The van der Waals surface area contributed by atoms with E-state index >= 15 is 0 Å². The lowest BCUT2D eigenvalue weighted by atomic mass is 9.86. The largest absolute Gasteiger partial charge is 0.286 e. The van der Waals surface area contributed by atoms with Crippen molar-refractivity contribution in [3.05, 3.63) is 40.8 Å². The lowest BCUT2D eigenvalue weighted by Gasteiger charge is -2.19. The van der Waals surface area contributed by atoms with Gasteiger partial charge in [0.2, 0.25) is 0 Å². The molecule has 0 spiro atoms. The number of hydrogen-bond acceptors (Lipinski definition) is 2. The fourth-order valence-electron chi connectivity index (χ4n) is 1.73. The minimum Gasteiger partial charge on any atom is -0.286 e. The number of allylic oxidation sites excluding steroid dienone is 1. The molecule has 0 amide bonds. The number of carbonyl (C=O) groups is 1. The first-order valence-electron chi connectivity index (χ1n) is 5.46. The second-order valence-corrected chi connectivity index (χ2v) is 6.06. The Balaban J connectivity index is 2.23. The molecule has 0 atom stereocenters. The van der Waals surface area contributed by atoms with Crippen LogP contribution in [0.3, 0.4) is 0 Å². The first-order valence-corrected chi connectivity index (χ1v) is 6.34. The molecule has 1 aromatic rings. The highest BCUT2D eigenvalue weighted by Crippen LogP contribution is 2.32. The zero-order valence-electron chi connectivity index (χ0n) is 9.91. The highest BCUT2D eigenvalue weighted by Gasteiger charge is 2.17. The van der Waals surface area contributed by atoms with Gasteiger partial charge in [0.25, 0.3) is 0 Å². The van der Waals surface area contributed by atoms with E-state index in [1.54, 1.807) is 0 Å². The van der Waals surface area contributed by atoms with Crippen molar-refractivity contribution in [2.45, 2.75) is 32.6 Å². The lowest BCUT2D eigenvalue weighted by molar-refractivity contribution is -0.109. The average Bonchev–Trinajstić information content (AvgIpc) is 2.64. The molecular formula is C14H16OS. The second-order valence-electron chi connectivity index (χ2n) is 5.14. The Morgan fingerprint density at radius 3 is 2.19 bits per heavy atom. The van der Waals surface area contributed by atoms with Crippen molar-refractivity contribution in [3.63, 3.8) is 0 Å². The Morgan fingerprint density at radius 2 is 1.75 bits per heavy atom. The maximum atomic E-state index is 11.2. The fourth-order valence-corrected chi connectivity index (χ4v) is 2.46. The van der Waals surface area contributed by atoms with E-state index in [1.165, 1.54) is 22.9 Å². The van der Waals surface area contributed by atoms with Crippen molar-refractivity contribution in [1.82, 2.24) is 0 Å². The topological polar surface area (TPSA) is 17.1 Å². The molecule has 2 heteroatoms. The van der Waals surface area contributed by atoms with E-state index in [0.717, 1.165) is 5.57 Å². The minimum absolute atomic E-state index is 0.188. The molecule has 1 aromatic carbocycles. The molecule has 0 unspecified atom stereocenters. The molecule has 0 saturated heterocycles. The van der Waals surface area contributed by atoms with Gasteiger partial charge in [0.15, 0.2) is 5.12 Å². The molecule has 0 bridgehead atoms. The van der Waals surface area contributed by atoms with Crippen LogP contribution >= 0.6 is 11.8 Å². The van der Waals surface area contributed by atoms with Crippen molar-refractivity contribution in [3.8, 4) is 0 Å². The Labute approximate surface area is 101 Å². The predicted octanol–water partition coefficient (Wildman–Crippen LogP) is 3.99. The van der Waals surface area contributed by atoms with Crippen molar-refractivity contribution in [2.75, 3.05) is 0 Å². The summed E-state index contributed by atoms with van der Waals surface area (Å²) in [4.78, 5) is 11.2. The van der Waals surface area contributed by atoms with Gasteiger partial charge in [0.1, 0.15) is 0 Å². The highest BCUT2D eigenvalue weighted by molar-refractivity contribution is 8.16. The molecule has 84 valence electrons. The summed E-state index contributed by atoms with van der Waals surface area (Å²) >= 11 is 1.31. The fraction of sp³-hybridized carbons (Fsp3) is 0.357. The van der Waals surface area contributed by atoms with Gasteiger partial charge in [-0.05, 0) is 27.5 Å². The van der Waals surface area contributed by atoms with E-state index in [1.807, 2.05) is 5.41 Å². The molecule has 1 aliphatic heterocycles. The van der Waals surface area contributed by atoms with Crippen LogP contribution in [0, 0.1) is 0 Å². The third kappa shape index (κ3) is 2.38. The van der Waals surface area contributed by atoms with Crippen LogP contribution in [0.4, 0.5) is 0 Å². The maximum Gasteiger partial charge on any atom is 0.197 e. The van der Waals surface area contributed by atoms with E-state index < -0.39 is 0 Å². The molecule has 2 rings (SSSR count). The molecule has 16 heavy (non-hydrogen) atoms. The number of benzene rings is 1. The van der Waals surface area contributed by atoms with Crippen LogP contribution in [-0.2, 0) is 10.2 Å². The molecule has 0 radical (unpaired) electrons. The lowest BCUT2D eigenvalue weighted by Crippen LogP contribution is -2.10. The molecule has 0 aromatic heterocycles. The van der Waals surface area contributed by atoms with Crippen molar-refractivity contribution >= 4 is 22.5 Å². The third-order valence-corrected chi connectivity index (χ3v) is 3.60. The van der Waals surface area contributed by atoms with Crippen LogP contribution in [0.25, 0.3) is 5.57 Å². The van der Waals surface area contributed by atoms with Crippen LogP contribution in [0.2, 0.25) is 0 Å². The molecular weight excluding hydrogens is 216 g/mol. The monoisotopic (exact) mass is 232 g/mol. The molecule has 1 aliphatic rings. The summed E-state index contributed by atoms with van der Waals surface area (Å²) in [5, 5.41) is 2.21. The van der Waals surface area contributed by atoms with Gasteiger partial charge in [-0.15, -0.1) is 0 Å². The molecule has 0 saturated carbocycles. The summed E-state index contributed by atoms with van der Waals surface area (Å²) in [7, 11) is 0. The van der Waals surface area contributed by atoms with Gasteiger partial charge >= 0.3 is 0 Å². The smallest absolute Gasteiger partial charge is 0.197 e. The van der Waals surface area contributed by atoms with Gasteiger partial charge in [0, 0.05) is 6.42 Å². The van der Waals surface area contributed by atoms with E-state index in [4.69, 9.17) is 0 Å². The number of hydrogen-bond donors (Lipinski definition) is 0. The molecule has 1 nitrogen and oxygen atoms in total. The Bertz CT molecular complexity index is 435. The average molecular weight is 232 g/mol. The summed E-state index contributed by atoms with van der Waals surface area (Å²) in [6, 6.07) is 8.55. The van der Waals surface area contributed by atoms with E-state index in [-0.39, 0.29) is 10.5 Å². The summed E-state index contributed by atoms with van der Waals surface area (Å²) in [5.74, 6) is 0. The van der Waals surface area contributed by atoms with Gasteiger partial charge in [-0.25, -0.2) is 0 Å². The van der Waals surface area contributed by atoms with Crippen LogP contribution < -0.4 is 0 Å². The van der Waals surface area contributed by atoms with Gasteiger partial charge in [-0.1, -0.05) is 56.8 Å². The quantitative estimate of drug-likeness (QED) is 0.728. The first kappa shape index (κ1) is 11.5. The minimum atomic E-state index is 0.188. The van der Waals surface area contributed by atoms with Crippen LogP contribution in [-0.4, -0.2) is 5.12 Å². The Kier molecular flexibility index (Phi) is 2.94. The summed E-state index contributed by atoms with van der Waals surface area (Å²) < 4.78 is 0. The molecule has 0 aliphatic carbocycles. The first-order chi connectivity index (χ1) is 7.47. The summed E-state index contributed by atoms with van der Waals surface area (Å²) in [5.41, 5.74) is 3.84. The second kappa shape index (κ2) is 4.10. The molecule has 0 N–H and O–H groups in total. The molecule has 1 heterocycles.